The standard InChI is InChI=1S/C16H22FN3O2/c1-12-4-8-19(9-5-12)14-11-15(18-6-2-3-7-18)16(20(21)22)10-13(14)17/h10-12H,2-9H2,1H3. The SMILES string of the molecule is CC1CCN(c2cc(N3CCCC3)c([N+](=O)[O-])cc2F)CC1. The van der Waals surface area contributed by atoms with Crippen molar-refractivity contribution in [3.05, 3.63) is 28.1 Å². The molecule has 0 amide bonds. The van der Waals surface area contributed by atoms with Gasteiger partial charge < -0.3 is 9.80 Å². The second kappa shape index (κ2) is 6.10. The molecule has 0 N–H and O–H groups in total. The number of nitro groups is 1. The second-order valence-corrected chi connectivity index (χ2v) is 6.41. The third kappa shape index (κ3) is 2.87. The highest BCUT2D eigenvalue weighted by molar-refractivity contribution is 5.71. The lowest BCUT2D eigenvalue weighted by Crippen LogP contribution is -2.33. The second-order valence-electron chi connectivity index (χ2n) is 6.41. The molecule has 3 rings (SSSR count). The third-order valence-corrected chi connectivity index (χ3v) is 4.81. The summed E-state index contributed by atoms with van der Waals surface area (Å²) in [7, 11) is 0. The van der Waals surface area contributed by atoms with Gasteiger partial charge in [0.1, 0.15) is 5.69 Å². The summed E-state index contributed by atoms with van der Waals surface area (Å²) >= 11 is 0. The summed E-state index contributed by atoms with van der Waals surface area (Å²) in [4.78, 5) is 14.8. The van der Waals surface area contributed by atoms with Gasteiger partial charge in [-0.15, -0.1) is 0 Å². The molecular weight excluding hydrogens is 285 g/mol. The van der Waals surface area contributed by atoms with Gasteiger partial charge >= 0.3 is 0 Å². The summed E-state index contributed by atoms with van der Waals surface area (Å²) in [5, 5.41) is 11.3. The quantitative estimate of drug-likeness (QED) is 0.633. The van der Waals surface area contributed by atoms with Crippen LogP contribution in [0.4, 0.5) is 21.5 Å². The van der Waals surface area contributed by atoms with E-state index in [1.54, 1.807) is 6.07 Å². The Morgan fingerprint density at radius 3 is 2.27 bits per heavy atom. The minimum atomic E-state index is -0.482. The van der Waals surface area contributed by atoms with Crippen molar-refractivity contribution < 1.29 is 9.31 Å². The molecule has 2 heterocycles. The van der Waals surface area contributed by atoms with Crippen LogP contribution < -0.4 is 9.80 Å². The highest BCUT2D eigenvalue weighted by Crippen LogP contribution is 2.37. The van der Waals surface area contributed by atoms with Crippen molar-refractivity contribution in [2.45, 2.75) is 32.6 Å². The van der Waals surface area contributed by atoms with E-state index in [4.69, 9.17) is 0 Å². The molecule has 0 atom stereocenters. The largest absolute Gasteiger partial charge is 0.369 e. The predicted molar refractivity (Wildman–Crippen MR) is 85.1 cm³/mol. The molecule has 2 aliphatic rings. The molecule has 1 aromatic rings. The summed E-state index contributed by atoms with van der Waals surface area (Å²) < 4.78 is 14.4. The van der Waals surface area contributed by atoms with Gasteiger partial charge in [-0.1, -0.05) is 6.92 Å². The number of nitrogens with zero attached hydrogens (tertiary/aromatic N) is 3. The van der Waals surface area contributed by atoms with Crippen LogP contribution in [0.2, 0.25) is 0 Å². The van der Waals surface area contributed by atoms with Crippen LogP contribution in [0.5, 0.6) is 0 Å². The van der Waals surface area contributed by atoms with Crippen LogP contribution in [0.25, 0.3) is 0 Å². The molecule has 0 saturated carbocycles. The fraction of sp³-hybridized carbons (Fsp3) is 0.625. The molecule has 120 valence electrons. The van der Waals surface area contributed by atoms with Gasteiger partial charge in [-0.05, 0) is 37.7 Å². The van der Waals surface area contributed by atoms with E-state index in [2.05, 4.69) is 6.92 Å². The first kappa shape index (κ1) is 15.1. The highest BCUT2D eigenvalue weighted by Gasteiger charge is 2.27. The zero-order valence-electron chi connectivity index (χ0n) is 12.9. The predicted octanol–water partition coefficient (Wildman–Crippen LogP) is 3.57. The lowest BCUT2D eigenvalue weighted by molar-refractivity contribution is -0.384. The highest BCUT2D eigenvalue weighted by atomic mass is 19.1. The van der Waals surface area contributed by atoms with Crippen molar-refractivity contribution in [3.63, 3.8) is 0 Å². The first-order valence-corrected chi connectivity index (χ1v) is 8.04. The first-order chi connectivity index (χ1) is 10.6. The van der Waals surface area contributed by atoms with Gasteiger partial charge in [-0.2, -0.15) is 0 Å². The van der Waals surface area contributed by atoms with Crippen molar-refractivity contribution >= 4 is 17.1 Å². The Kier molecular flexibility index (Phi) is 4.18. The minimum absolute atomic E-state index is 0.117. The van der Waals surface area contributed by atoms with Crippen LogP contribution in [0, 0.1) is 21.8 Å². The summed E-state index contributed by atoms with van der Waals surface area (Å²) in [6.07, 6.45) is 4.14. The smallest absolute Gasteiger partial charge is 0.295 e. The molecule has 5 nitrogen and oxygen atoms in total. The van der Waals surface area contributed by atoms with Gasteiger partial charge in [-0.3, -0.25) is 10.1 Å². The van der Waals surface area contributed by atoms with Gasteiger partial charge in [0, 0.05) is 26.2 Å². The number of halogens is 1. The van der Waals surface area contributed by atoms with Crippen LogP contribution in [0.3, 0.4) is 0 Å². The maximum Gasteiger partial charge on any atom is 0.295 e. The number of anilines is 2. The van der Waals surface area contributed by atoms with E-state index in [0.717, 1.165) is 57.9 Å². The molecule has 22 heavy (non-hydrogen) atoms. The molecule has 0 aliphatic carbocycles. The molecule has 0 unspecified atom stereocenters. The number of benzene rings is 1. The molecular formula is C16H22FN3O2. The normalized spacial score (nSPS) is 19.7. The molecule has 0 bridgehead atoms. The summed E-state index contributed by atoms with van der Waals surface area (Å²) in [5.74, 6) is 0.180. The Hall–Kier alpha value is -1.85. The van der Waals surface area contributed by atoms with Crippen LogP contribution in [-0.2, 0) is 0 Å². The van der Waals surface area contributed by atoms with E-state index >= 15 is 0 Å². The molecule has 6 heteroatoms. The zero-order valence-corrected chi connectivity index (χ0v) is 12.9. The summed E-state index contributed by atoms with van der Waals surface area (Å²) in [6.45, 7) is 5.45. The lowest BCUT2D eigenvalue weighted by Gasteiger charge is -2.33. The Bertz CT molecular complexity index is 565. The maximum absolute atomic E-state index is 14.4. The van der Waals surface area contributed by atoms with Crippen LogP contribution in [0.1, 0.15) is 32.6 Å². The van der Waals surface area contributed by atoms with Gasteiger partial charge in [0.25, 0.3) is 5.69 Å². The number of nitro benzene ring substituents is 1. The van der Waals surface area contributed by atoms with Crippen LogP contribution in [0.15, 0.2) is 12.1 Å². The summed E-state index contributed by atoms with van der Waals surface area (Å²) in [6, 6.07) is 2.79. The van der Waals surface area contributed by atoms with E-state index in [-0.39, 0.29) is 5.69 Å². The Labute approximate surface area is 129 Å². The average Bonchev–Trinajstić information content (AvgIpc) is 3.02. The molecule has 2 saturated heterocycles. The molecule has 1 aromatic carbocycles. The Balaban J connectivity index is 1.96. The Morgan fingerprint density at radius 2 is 1.68 bits per heavy atom. The van der Waals surface area contributed by atoms with Crippen molar-refractivity contribution in [3.8, 4) is 0 Å². The minimum Gasteiger partial charge on any atom is -0.369 e. The number of hydrogen-bond donors (Lipinski definition) is 0. The molecule has 0 spiro atoms. The zero-order chi connectivity index (χ0) is 15.7. The van der Waals surface area contributed by atoms with Crippen molar-refractivity contribution in [2.75, 3.05) is 36.0 Å². The van der Waals surface area contributed by atoms with Crippen LogP contribution in [-0.4, -0.2) is 31.1 Å². The van der Waals surface area contributed by atoms with Gasteiger partial charge in [0.05, 0.1) is 16.7 Å². The van der Waals surface area contributed by atoms with Gasteiger partial charge in [0.2, 0.25) is 0 Å². The van der Waals surface area contributed by atoms with Gasteiger partial charge in [-0.25, -0.2) is 4.39 Å². The average molecular weight is 307 g/mol. The first-order valence-electron chi connectivity index (χ1n) is 8.04. The molecule has 2 fully saturated rings. The van der Waals surface area contributed by atoms with E-state index in [9.17, 15) is 14.5 Å². The van der Waals surface area contributed by atoms with Crippen molar-refractivity contribution in [1.82, 2.24) is 0 Å². The lowest BCUT2D eigenvalue weighted by atomic mass is 9.98. The fourth-order valence-corrected chi connectivity index (χ4v) is 3.39. The van der Waals surface area contributed by atoms with Crippen molar-refractivity contribution in [2.24, 2.45) is 5.92 Å². The number of piperidine rings is 1. The number of hydrogen-bond acceptors (Lipinski definition) is 4. The third-order valence-electron chi connectivity index (χ3n) is 4.81. The summed E-state index contributed by atoms with van der Waals surface area (Å²) in [5.41, 5.74) is 0.963. The topological polar surface area (TPSA) is 49.6 Å². The van der Waals surface area contributed by atoms with Crippen LogP contribution >= 0.6 is 0 Å². The Morgan fingerprint density at radius 1 is 1.09 bits per heavy atom. The van der Waals surface area contributed by atoms with E-state index in [0.29, 0.717) is 17.3 Å². The molecule has 2 aliphatic heterocycles. The number of rotatable bonds is 3. The van der Waals surface area contributed by atoms with Gasteiger partial charge in [0.15, 0.2) is 5.82 Å². The van der Waals surface area contributed by atoms with Crippen molar-refractivity contribution in [1.29, 1.82) is 0 Å². The van der Waals surface area contributed by atoms with E-state index < -0.39 is 10.7 Å². The molecule has 0 radical (unpaired) electrons. The monoisotopic (exact) mass is 307 g/mol. The molecule has 0 aromatic heterocycles. The van der Waals surface area contributed by atoms with E-state index in [1.807, 2.05) is 9.80 Å². The fourth-order valence-electron chi connectivity index (χ4n) is 3.39. The van der Waals surface area contributed by atoms with E-state index in [1.165, 1.54) is 0 Å². The maximum atomic E-state index is 14.4.